The van der Waals surface area contributed by atoms with Crippen LogP contribution in [0.2, 0.25) is 0 Å². The molecule has 0 radical (unpaired) electrons. The van der Waals surface area contributed by atoms with E-state index in [-0.39, 0.29) is 0 Å². The summed E-state index contributed by atoms with van der Waals surface area (Å²) in [6.07, 6.45) is 0. The van der Waals surface area contributed by atoms with Crippen molar-refractivity contribution in [3.05, 3.63) is 115 Å². The average Bonchev–Trinajstić information content (AvgIpc) is 3.23. The van der Waals surface area contributed by atoms with E-state index in [9.17, 15) is 8.42 Å². The van der Waals surface area contributed by atoms with Crippen LogP contribution in [0.4, 0.5) is 0 Å². The largest absolute Gasteiger partial charge is 0.269 e. The first-order chi connectivity index (χ1) is 16.6. The number of nitrogens with zero attached hydrogens (tertiary/aromatic N) is 1. The van der Waals surface area contributed by atoms with E-state index < -0.39 is 10.0 Å². The summed E-state index contributed by atoms with van der Waals surface area (Å²) in [5, 5.41) is 1.88. The summed E-state index contributed by atoms with van der Waals surface area (Å²) in [6, 6.07) is 38.1. The van der Waals surface area contributed by atoms with E-state index in [1.165, 1.54) is 0 Å². The predicted molar refractivity (Wildman–Crippen MR) is 138 cm³/mol. The second-order valence-corrected chi connectivity index (χ2v) is 10.4. The molecule has 1 aromatic heterocycles. The number of fused-ring (bicyclic) bond motifs is 5. The zero-order chi connectivity index (χ0) is 22.9. The highest BCUT2D eigenvalue weighted by Crippen LogP contribution is 2.46. The molecule has 6 aromatic rings. The Hall–Kier alpha value is -4.15. The van der Waals surface area contributed by atoms with Crippen LogP contribution in [-0.4, -0.2) is 12.4 Å². The second-order valence-electron chi connectivity index (χ2n) is 8.65. The monoisotopic (exact) mass is 457 g/mol. The molecule has 0 aliphatic carbocycles. The van der Waals surface area contributed by atoms with Gasteiger partial charge in [-0.2, -0.15) is 0 Å². The minimum Gasteiger partial charge on any atom is -0.233 e. The molecule has 0 saturated heterocycles. The molecule has 0 amide bonds. The number of benzene rings is 5. The van der Waals surface area contributed by atoms with Crippen LogP contribution in [0.3, 0.4) is 0 Å². The van der Waals surface area contributed by atoms with Crippen LogP contribution in [0.25, 0.3) is 55.2 Å². The molecule has 1 aliphatic heterocycles. The van der Waals surface area contributed by atoms with Crippen molar-refractivity contribution in [3.8, 4) is 33.4 Å². The first kappa shape index (κ1) is 19.3. The van der Waals surface area contributed by atoms with E-state index in [2.05, 4.69) is 42.5 Å². The summed E-state index contributed by atoms with van der Waals surface area (Å²) in [5.41, 5.74) is 7.49. The summed E-state index contributed by atoms with van der Waals surface area (Å²) in [6.45, 7) is 0. The molecule has 0 bridgehead atoms. The van der Waals surface area contributed by atoms with Gasteiger partial charge >= 0.3 is 0 Å². The van der Waals surface area contributed by atoms with Crippen LogP contribution in [0.1, 0.15) is 0 Å². The molecule has 1 aliphatic rings. The highest BCUT2D eigenvalue weighted by atomic mass is 32.2. The summed E-state index contributed by atoms with van der Waals surface area (Å²) in [4.78, 5) is 0.346. The van der Waals surface area contributed by atoms with Crippen LogP contribution >= 0.6 is 0 Å². The first-order valence-corrected chi connectivity index (χ1v) is 12.6. The Morgan fingerprint density at radius 3 is 1.85 bits per heavy atom. The van der Waals surface area contributed by atoms with E-state index in [0.29, 0.717) is 10.4 Å². The van der Waals surface area contributed by atoms with Crippen molar-refractivity contribution in [1.29, 1.82) is 0 Å². The third-order valence-electron chi connectivity index (χ3n) is 6.73. The molecular weight excluding hydrogens is 438 g/mol. The molecule has 5 aromatic carbocycles. The van der Waals surface area contributed by atoms with Gasteiger partial charge in [0.2, 0.25) is 0 Å². The molecule has 0 unspecified atom stereocenters. The van der Waals surface area contributed by atoms with Crippen LogP contribution in [0, 0.1) is 0 Å². The normalized spacial score (nSPS) is 13.8. The van der Waals surface area contributed by atoms with Crippen molar-refractivity contribution in [2.45, 2.75) is 4.90 Å². The molecule has 3 nitrogen and oxygen atoms in total. The van der Waals surface area contributed by atoms with E-state index >= 15 is 0 Å². The summed E-state index contributed by atoms with van der Waals surface area (Å²) in [7, 11) is -3.73. The van der Waals surface area contributed by atoms with Gasteiger partial charge in [0.25, 0.3) is 10.0 Å². The lowest BCUT2D eigenvalue weighted by molar-refractivity contribution is 0.590. The first-order valence-electron chi connectivity index (χ1n) is 11.2. The van der Waals surface area contributed by atoms with Gasteiger partial charge in [0, 0.05) is 21.9 Å². The summed E-state index contributed by atoms with van der Waals surface area (Å²) in [5.74, 6) is 0. The maximum atomic E-state index is 13.8. The lowest BCUT2D eigenvalue weighted by Crippen LogP contribution is -2.17. The van der Waals surface area contributed by atoms with E-state index in [4.69, 9.17) is 0 Å². The van der Waals surface area contributed by atoms with Crippen molar-refractivity contribution in [2.24, 2.45) is 0 Å². The molecule has 162 valence electrons. The van der Waals surface area contributed by atoms with E-state index in [0.717, 1.165) is 49.7 Å². The van der Waals surface area contributed by atoms with Crippen LogP contribution < -0.4 is 0 Å². The number of rotatable bonds is 2. The molecule has 4 heteroatoms. The number of hydrogen-bond acceptors (Lipinski definition) is 2. The molecule has 2 heterocycles. The van der Waals surface area contributed by atoms with Crippen molar-refractivity contribution < 1.29 is 8.42 Å². The van der Waals surface area contributed by atoms with Crippen LogP contribution in [0.15, 0.2) is 120 Å². The van der Waals surface area contributed by atoms with Crippen molar-refractivity contribution in [2.75, 3.05) is 0 Å². The van der Waals surface area contributed by atoms with Crippen LogP contribution in [-0.2, 0) is 10.0 Å². The van der Waals surface area contributed by atoms with Gasteiger partial charge in [-0.25, -0.2) is 12.4 Å². The predicted octanol–water partition coefficient (Wildman–Crippen LogP) is 7.35. The molecule has 0 fully saturated rings. The van der Waals surface area contributed by atoms with Gasteiger partial charge in [0.05, 0.1) is 15.9 Å². The fourth-order valence-electron chi connectivity index (χ4n) is 5.18. The van der Waals surface area contributed by atoms with Gasteiger partial charge in [0.15, 0.2) is 0 Å². The van der Waals surface area contributed by atoms with Crippen molar-refractivity contribution >= 4 is 31.8 Å². The lowest BCUT2D eigenvalue weighted by atomic mass is 9.95. The SMILES string of the molecule is O=S1(=O)c2ccccc2-c2cc(-c3ccccc3)cc3c4cc(-c5ccccc5)ccc4n1c23. The standard InChI is InChI=1S/C30H19NO2S/c32-34(33)29-14-8-7-13-24(29)26-18-23(21-11-5-2-6-12-21)19-27-25-17-22(20-9-3-1-4-10-20)15-16-28(25)31(34)30(26)27/h1-19H. The topological polar surface area (TPSA) is 39.1 Å². The second kappa shape index (κ2) is 6.92. The number of aromatic nitrogens is 1. The van der Waals surface area contributed by atoms with Crippen molar-refractivity contribution in [3.63, 3.8) is 0 Å². The molecule has 0 spiro atoms. The van der Waals surface area contributed by atoms with Gasteiger partial charge in [-0.05, 0) is 52.6 Å². The number of hydrogen-bond donors (Lipinski definition) is 0. The Balaban J connectivity index is 1.67. The zero-order valence-electron chi connectivity index (χ0n) is 18.1. The highest BCUT2D eigenvalue weighted by Gasteiger charge is 2.33. The minimum absolute atomic E-state index is 0.346. The highest BCUT2D eigenvalue weighted by molar-refractivity contribution is 7.90. The van der Waals surface area contributed by atoms with Gasteiger partial charge in [-0.3, -0.25) is 0 Å². The maximum absolute atomic E-state index is 13.8. The Bertz CT molecular complexity index is 1850. The van der Waals surface area contributed by atoms with Gasteiger partial charge in [-0.1, -0.05) is 84.9 Å². The third-order valence-corrected chi connectivity index (χ3v) is 8.50. The Labute approximate surface area is 197 Å². The average molecular weight is 458 g/mol. The lowest BCUT2D eigenvalue weighted by Gasteiger charge is -2.21. The Morgan fingerprint density at radius 2 is 1.12 bits per heavy atom. The molecule has 0 N–H and O–H groups in total. The summed E-state index contributed by atoms with van der Waals surface area (Å²) >= 11 is 0. The molecular formula is C30H19NO2S. The van der Waals surface area contributed by atoms with Crippen molar-refractivity contribution in [1.82, 2.24) is 3.97 Å². The van der Waals surface area contributed by atoms with Crippen LogP contribution in [0.5, 0.6) is 0 Å². The minimum atomic E-state index is -3.73. The quantitative estimate of drug-likeness (QED) is 0.272. The van der Waals surface area contributed by atoms with E-state index in [1.807, 2.05) is 60.7 Å². The third kappa shape index (κ3) is 2.60. The van der Waals surface area contributed by atoms with Gasteiger partial charge in [0.1, 0.15) is 0 Å². The van der Waals surface area contributed by atoms with Gasteiger partial charge in [-0.15, -0.1) is 0 Å². The molecule has 0 saturated carbocycles. The smallest absolute Gasteiger partial charge is 0.233 e. The molecule has 0 atom stereocenters. The van der Waals surface area contributed by atoms with Gasteiger partial charge < -0.3 is 0 Å². The molecule has 7 rings (SSSR count). The zero-order valence-corrected chi connectivity index (χ0v) is 19.0. The fourth-order valence-corrected chi connectivity index (χ4v) is 6.94. The fraction of sp³-hybridized carbons (Fsp3) is 0. The Morgan fingerprint density at radius 1 is 0.500 bits per heavy atom. The Kier molecular flexibility index (Phi) is 3.94. The maximum Gasteiger partial charge on any atom is 0.269 e. The van der Waals surface area contributed by atoms with E-state index in [1.54, 1.807) is 16.1 Å². The molecule has 34 heavy (non-hydrogen) atoms. The summed E-state index contributed by atoms with van der Waals surface area (Å²) < 4.78 is 29.2.